The fourth-order valence-electron chi connectivity index (χ4n) is 3.95. The zero-order chi connectivity index (χ0) is 18.7. The third kappa shape index (κ3) is 4.76. The molecule has 2 amide bonds. The van der Waals surface area contributed by atoms with Crippen LogP contribution in [0.25, 0.3) is 0 Å². The normalized spacial score (nSPS) is 24.8. The molecule has 7 heteroatoms. The van der Waals surface area contributed by atoms with E-state index in [9.17, 15) is 4.79 Å². The second kappa shape index (κ2) is 7.96. The summed E-state index contributed by atoms with van der Waals surface area (Å²) in [6, 6.07) is 2.01. The zero-order valence-corrected chi connectivity index (χ0v) is 16.5. The molecule has 3 rings (SSSR count). The summed E-state index contributed by atoms with van der Waals surface area (Å²) in [6.07, 6.45) is 1.23. The molecule has 0 unspecified atom stereocenters. The minimum atomic E-state index is 0.0414. The molecule has 3 heterocycles. The fourth-order valence-corrected chi connectivity index (χ4v) is 3.95. The third-order valence-electron chi connectivity index (χ3n) is 5.30. The van der Waals surface area contributed by atoms with E-state index >= 15 is 0 Å². The molecule has 2 aliphatic heterocycles. The van der Waals surface area contributed by atoms with Crippen LogP contribution in [0, 0.1) is 18.3 Å². The number of carbonyl (C=O) groups is 1. The second-order valence-corrected chi connectivity index (χ2v) is 8.59. The van der Waals surface area contributed by atoms with Crippen LogP contribution in [0.3, 0.4) is 0 Å². The van der Waals surface area contributed by atoms with Gasteiger partial charge in [-0.2, -0.15) is 0 Å². The Morgan fingerprint density at radius 2 is 2.04 bits per heavy atom. The summed E-state index contributed by atoms with van der Waals surface area (Å²) in [5, 5.41) is 7.05. The summed E-state index contributed by atoms with van der Waals surface area (Å²) in [7, 11) is 0. The van der Waals surface area contributed by atoms with Crippen LogP contribution in [-0.2, 0) is 11.3 Å². The van der Waals surface area contributed by atoms with Gasteiger partial charge in [0.15, 0.2) is 5.76 Å². The van der Waals surface area contributed by atoms with E-state index in [1.54, 1.807) is 0 Å². The number of aryl methyl sites for hydroxylation is 1. The fraction of sp³-hybridized carbons (Fsp3) is 0.789. The maximum Gasteiger partial charge on any atom is 0.317 e. The predicted octanol–water partition coefficient (Wildman–Crippen LogP) is 2.26. The highest BCUT2D eigenvalue weighted by Crippen LogP contribution is 2.34. The first kappa shape index (κ1) is 19.2. The standard InChI is InChI=1S/C19H32N4O3/c1-14-11-16(26-21-14)13-22-6-8-23(9-7-22)18(24)20-12-15-5-10-25-17(15)19(2,3)4/h11,15,17H,5-10,12-13H2,1-4H3,(H,20,24)/t15-,17+/m1/s1. The average molecular weight is 364 g/mol. The molecule has 2 aliphatic rings. The van der Waals surface area contributed by atoms with Crippen molar-refractivity contribution in [1.82, 2.24) is 20.3 Å². The molecule has 0 spiro atoms. The number of piperazine rings is 1. The maximum absolute atomic E-state index is 12.5. The molecule has 26 heavy (non-hydrogen) atoms. The van der Waals surface area contributed by atoms with Gasteiger partial charge in [0.1, 0.15) is 0 Å². The molecule has 2 saturated heterocycles. The molecule has 2 fully saturated rings. The lowest BCUT2D eigenvalue weighted by Crippen LogP contribution is -2.52. The van der Waals surface area contributed by atoms with Crippen LogP contribution in [0.4, 0.5) is 4.79 Å². The van der Waals surface area contributed by atoms with Gasteiger partial charge in [0, 0.05) is 51.3 Å². The molecule has 146 valence electrons. The number of nitrogens with one attached hydrogen (secondary N) is 1. The Labute approximate surface area is 156 Å². The quantitative estimate of drug-likeness (QED) is 0.887. The summed E-state index contributed by atoms with van der Waals surface area (Å²) >= 11 is 0. The minimum absolute atomic E-state index is 0.0414. The first-order chi connectivity index (χ1) is 12.3. The van der Waals surface area contributed by atoms with Crippen LogP contribution in [0.15, 0.2) is 10.6 Å². The van der Waals surface area contributed by atoms with E-state index in [-0.39, 0.29) is 17.6 Å². The summed E-state index contributed by atoms with van der Waals surface area (Å²) in [5.41, 5.74) is 1.01. The van der Waals surface area contributed by atoms with Crippen LogP contribution in [0.2, 0.25) is 0 Å². The van der Waals surface area contributed by atoms with Crippen molar-refractivity contribution in [1.29, 1.82) is 0 Å². The topological polar surface area (TPSA) is 70.8 Å². The number of ether oxygens (including phenoxy) is 1. The molecule has 0 radical (unpaired) electrons. The van der Waals surface area contributed by atoms with Gasteiger partial charge in [-0.1, -0.05) is 25.9 Å². The first-order valence-electron chi connectivity index (χ1n) is 9.62. The molecular formula is C19H32N4O3. The van der Waals surface area contributed by atoms with E-state index < -0.39 is 0 Å². The second-order valence-electron chi connectivity index (χ2n) is 8.59. The largest absolute Gasteiger partial charge is 0.377 e. The number of urea groups is 1. The van der Waals surface area contributed by atoms with Crippen LogP contribution in [-0.4, -0.2) is 66.4 Å². The molecule has 0 bridgehead atoms. The molecule has 1 aromatic rings. The van der Waals surface area contributed by atoms with Gasteiger partial charge in [-0.05, 0) is 18.8 Å². The van der Waals surface area contributed by atoms with E-state index in [1.807, 2.05) is 17.9 Å². The molecule has 0 aromatic carbocycles. The Kier molecular flexibility index (Phi) is 5.87. The summed E-state index contributed by atoms with van der Waals surface area (Å²) in [4.78, 5) is 16.7. The summed E-state index contributed by atoms with van der Waals surface area (Å²) in [6.45, 7) is 14.0. The Morgan fingerprint density at radius 3 is 2.65 bits per heavy atom. The lowest BCUT2D eigenvalue weighted by atomic mass is 9.81. The van der Waals surface area contributed by atoms with Gasteiger partial charge in [0.05, 0.1) is 18.3 Å². The maximum atomic E-state index is 12.5. The van der Waals surface area contributed by atoms with Crippen molar-refractivity contribution < 1.29 is 14.1 Å². The number of amides is 2. The van der Waals surface area contributed by atoms with Crippen LogP contribution < -0.4 is 5.32 Å². The number of nitrogens with zero attached hydrogens (tertiary/aromatic N) is 3. The number of hydrogen-bond donors (Lipinski definition) is 1. The highest BCUT2D eigenvalue weighted by molar-refractivity contribution is 5.74. The van der Waals surface area contributed by atoms with Gasteiger partial charge in [-0.25, -0.2) is 4.79 Å². The predicted molar refractivity (Wildman–Crippen MR) is 98.8 cm³/mol. The van der Waals surface area contributed by atoms with Crippen molar-refractivity contribution in [3.05, 3.63) is 17.5 Å². The van der Waals surface area contributed by atoms with Crippen molar-refractivity contribution in [3.8, 4) is 0 Å². The number of hydrogen-bond acceptors (Lipinski definition) is 5. The SMILES string of the molecule is Cc1cc(CN2CCN(C(=O)NC[C@H]3CCO[C@@H]3C(C)(C)C)CC2)on1. The Morgan fingerprint density at radius 1 is 1.31 bits per heavy atom. The van der Waals surface area contributed by atoms with Gasteiger partial charge >= 0.3 is 6.03 Å². The van der Waals surface area contributed by atoms with Crippen molar-refractivity contribution in [2.24, 2.45) is 11.3 Å². The lowest BCUT2D eigenvalue weighted by Gasteiger charge is -2.35. The molecule has 7 nitrogen and oxygen atoms in total. The van der Waals surface area contributed by atoms with Crippen LogP contribution in [0.1, 0.15) is 38.6 Å². The Balaban J connectivity index is 1.41. The van der Waals surface area contributed by atoms with Gasteiger partial charge in [0.2, 0.25) is 0 Å². The smallest absolute Gasteiger partial charge is 0.317 e. The molecule has 0 aliphatic carbocycles. The minimum Gasteiger partial charge on any atom is -0.377 e. The van der Waals surface area contributed by atoms with E-state index in [0.29, 0.717) is 12.5 Å². The number of carbonyl (C=O) groups excluding carboxylic acids is 1. The van der Waals surface area contributed by atoms with E-state index in [1.165, 1.54) is 0 Å². The zero-order valence-electron chi connectivity index (χ0n) is 16.5. The molecule has 2 atom stereocenters. The first-order valence-corrected chi connectivity index (χ1v) is 9.62. The average Bonchev–Trinajstić information content (AvgIpc) is 3.22. The van der Waals surface area contributed by atoms with E-state index in [0.717, 1.165) is 57.2 Å². The van der Waals surface area contributed by atoms with E-state index in [4.69, 9.17) is 9.26 Å². The van der Waals surface area contributed by atoms with Crippen LogP contribution >= 0.6 is 0 Å². The van der Waals surface area contributed by atoms with Gasteiger partial charge in [0.25, 0.3) is 0 Å². The molecule has 1 aromatic heterocycles. The lowest BCUT2D eigenvalue weighted by molar-refractivity contribution is 0.00744. The number of aromatic nitrogens is 1. The highest BCUT2D eigenvalue weighted by Gasteiger charge is 2.37. The van der Waals surface area contributed by atoms with Crippen molar-refractivity contribution in [3.63, 3.8) is 0 Å². The Bertz CT molecular complexity index is 602. The molecular weight excluding hydrogens is 332 g/mol. The van der Waals surface area contributed by atoms with E-state index in [2.05, 4.69) is 36.1 Å². The summed E-state index contributed by atoms with van der Waals surface area (Å²) < 4.78 is 11.2. The third-order valence-corrected chi connectivity index (χ3v) is 5.30. The van der Waals surface area contributed by atoms with Gasteiger partial charge in [-0.15, -0.1) is 0 Å². The Hall–Kier alpha value is -1.60. The highest BCUT2D eigenvalue weighted by atomic mass is 16.5. The van der Waals surface area contributed by atoms with Crippen molar-refractivity contribution >= 4 is 6.03 Å². The summed E-state index contributed by atoms with van der Waals surface area (Å²) in [5.74, 6) is 1.28. The van der Waals surface area contributed by atoms with Crippen LogP contribution in [0.5, 0.6) is 0 Å². The van der Waals surface area contributed by atoms with Crippen molar-refractivity contribution in [2.45, 2.75) is 46.8 Å². The number of rotatable bonds is 4. The van der Waals surface area contributed by atoms with Gasteiger partial charge < -0.3 is 19.5 Å². The van der Waals surface area contributed by atoms with Gasteiger partial charge in [-0.3, -0.25) is 4.90 Å². The van der Waals surface area contributed by atoms with Crippen molar-refractivity contribution in [2.75, 3.05) is 39.3 Å². The molecule has 0 saturated carbocycles. The monoisotopic (exact) mass is 364 g/mol. The molecule has 1 N–H and O–H groups in total.